The van der Waals surface area contributed by atoms with Crippen molar-refractivity contribution < 1.29 is 42.1 Å². The Bertz CT molecular complexity index is 943. The zero-order chi connectivity index (χ0) is 42.1. The maximum absolute atomic E-state index is 12.7. The molecule has 9 nitrogen and oxygen atoms in total. The first-order chi connectivity index (χ1) is 27.5. The second-order valence-corrected chi connectivity index (χ2v) is 19.3. The third-order valence-corrected chi connectivity index (χ3v) is 11.9. The van der Waals surface area contributed by atoms with Crippen LogP contribution in [0.3, 0.4) is 0 Å². The molecule has 2 atom stereocenters. The predicted molar refractivity (Wildman–Crippen MR) is 238 cm³/mol. The number of carbonyl (C=O) groups excluding carboxylic acids is 2. The maximum atomic E-state index is 12.7. The Balaban J connectivity index is 4.22. The summed E-state index contributed by atoms with van der Waals surface area (Å²) in [6.07, 6.45) is 41.5. The molecule has 0 amide bonds. The number of phosphoric ester groups is 1. The van der Waals surface area contributed by atoms with Crippen LogP contribution in [0.5, 0.6) is 0 Å². The van der Waals surface area contributed by atoms with E-state index in [-0.39, 0.29) is 25.6 Å². The Hall–Kier alpha value is -0.990. The summed E-state index contributed by atoms with van der Waals surface area (Å²) in [5, 5.41) is 0. The van der Waals surface area contributed by atoms with Gasteiger partial charge in [-0.05, 0) is 12.8 Å². The van der Waals surface area contributed by atoms with Crippen LogP contribution in [-0.2, 0) is 32.7 Å². The van der Waals surface area contributed by atoms with Crippen molar-refractivity contribution in [3.8, 4) is 0 Å². The summed E-state index contributed by atoms with van der Waals surface area (Å²) in [5.41, 5.74) is 0. The lowest BCUT2D eigenvalue weighted by Crippen LogP contribution is -2.37. The fraction of sp³-hybridized carbons (Fsp3) is 0.957. The average Bonchev–Trinajstić information content (AvgIpc) is 3.16. The molecule has 10 heteroatoms. The number of likely N-dealkylation sites (N-methyl/N-ethyl adjacent to an activating group) is 1. The van der Waals surface area contributed by atoms with Gasteiger partial charge in [0.25, 0.3) is 0 Å². The Morgan fingerprint density at radius 3 is 1.12 bits per heavy atom. The monoisotopic (exact) mass is 833 g/mol. The number of hydrogen-bond acceptors (Lipinski definition) is 7. The molecule has 0 aliphatic carbocycles. The lowest BCUT2D eigenvalue weighted by molar-refractivity contribution is -0.870. The molecule has 0 rings (SSSR count). The molecule has 0 radical (unpaired) electrons. The van der Waals surface area contributed by atoms with Crippen LogP contribution in [0.15, 0.2) is 0 Å². The summed E-state index contributed by atoms with van der Waals surface area (Å²) >= 11 is 0. The van der Waals surface area contributed by atoms with Crippen molar-refractivity contribution >= 4 is 19.8 Å². The minimum Gasteiger partial charge on any atom is -0.462 e. The van der Waals surface area contributed by atoms with Crippen LogP contribution in [0.1, 0.15) is 239 Å². The second-order valence-electron chi connectivity index (χ2n) is 17.9. The van der Waals surface area contributed by atoms with Gasteiger partial charge in [-0.25, -0.2) is 4.57 Å². The van der Waals surface area contributed by atoms with Crippen molar-refractivity contribution in [1.82, 2.24) is 0 Å². The van der Waals surface area contributed by atoms with E-state index in [1.165, 1.54) is 173 Å². The molecule has 0 saturated heterocycles. The van der Waals surface area contributed by atoms with Crippen molar-refractivity contribution in [2.75, 3.05) is 47.5 Å². The van der Waals surface area contributed by atoms with Crippen molar-refractivity contribution in [2.45, 2.75) is 245 Å². The molecule has 0 bridgehead atoms. The number of phosphoric acid groups is 1. The SMILES string of the molecule is CCCCCCCCCCCCCCCCCCCCCC(=O)OC[C@H](COP(=O)(O)OCC[N+](C)(C)C)OC(=O)CCCCCCCCCCCCCCCC. The standard InChI is InChI=1S/C47H94NO8P/c1-6-8-10-12-14-16-18-20-22-23-24-25-26-28-29-31-33-35-37-39-46(49)53-43-45(44-55-57(51,52)54-42-41-48(3,4)5)56-47(50)40-38-36-34-32-30-27-21-19-17-15-13-11-9-7-2/h45H,6-44H2,1-5H3/p+1/t45-/m1/s1. The number of ether oxygens (including phenoxy) is 2. The molecule has 1 unspecified atom stereocenters. The van der Waals surface area contributed by atoms with Gasteiger partial charge >= 0.3 is 19.8 Å². The van der Waals surface area contributed by atoms with E-state index in [9.17, 15) is 19.0 Å². The van der Waals surface area contributed by atoms with Crippen LogP contribution in [0.4, 0.5) is 0 Å². The minimum absolute atomic E-state index is 0.0370. The third kappa shape index (κ3) is 44.4. The van der Waals surface area contributed by atoms with E-state index in [0.717, 1.165) is 38.5 Å². The van der Waals surface area contributed by atoms with Gasteiger partial charge in [-0.3, -0.25) is 18.6 Å². The summed E-state index contributed by atoms with van der Waals surface area (Å²) in [5.74, 6) is -0.780. The van der Waals surface area contributed by atoms with E-state index in [1.807, 2.05) is 21.1 Å². The quantitative estimate of drug-likeness (QED) is 0.0280. The maximum Gasteiger partial charge on any atom is 0.472 e. The predicted octanol–water partition coefficient (Wildman–Crippen LogP) is 14.0. The minimum atomic E-state index is -4.37. The number of carbonyl (C=O) groups is 2. The Morgan fingerprint density at radius 1 is 0.474 bits per heavy atom. The summed E-state index contributed by atoms with van der Waals surface area (Å²) < 4.78 is 34.4. The van der Waals surface area contributed by atoms with Crippen molar-refractivity contribution in [1.29, 1.82) is 0 Å². The average molecular weight is 833 g/mol. The highest BCUT2D eigenvalue weighted by molar-refractivity contribution is 7.47. The Morgan fingerprint density at radius 2 is 0.789 bits per heavy atom. The normalized spacial score (nSPS) is 13.4. The number of esters is 2. The molecule has 0 saturated carbocycles. The summed E-state index contributed by atoms with van der Waals surface area (Å²) in [4.78, 5) is 35.4. The van der Waals surface area contributed by atoms with E-state index in [1.54, 1.807) is 0 Å². The topological polar surface area (TPSA) is 108 Å². The number of unbranched alkanes of at least 4 members (excludes halogenated alkanes) is 31. The van der Waals surface area contributed by atoms with E-state index < -0.39 is 26.5 Å². The van der Waals surface area contributed by atoms with Crippen LogP contribution < -0.4 is 0 Å². The zero-order valence-corrected chi connectivity index (χ0v) is 39.2. The van der Waals surface area contributed by atoms with Crippen LogP contribution in [-0.4, -0.2) is 74.9 Å². The zero-order valence-electron chi connectivity index (χ0n) is 38.4. The second kappa shape index (κ2) is 40.4. The number of rotatable bonds is 45. The van der Waals surface area contributed by atoms with Gasteiger partial charge in [-0.1, -0.05) is 213 Å². The van der Waals surface area contributed by atoms with Crippen LogP contribution in [0, 0.1) is 0 Å². The summed E-state index contributed by atoms with van der Waals surface area (Å²) in [6.45, 7) is 4.47. The first-order valence-corrected chi connectivity index (χ1v) is 25.8. The lowest BCUT2D eigenvalue weighted by atomic mass is 10.0. The van der Waals surface area contributed by atoms with E-state index in [2.05, 4.69) is 13.8 Å². The largest absolute Gasteiger partial charge is 0.472 e. The van der Waals surface area contributed by atoms with Gasteiger partial charge < -0.3 is 18.9 Å². The van der Waals surface area contributed by atoms with E-state index >= 15 is 0 Å². The van der Waals surface area contributed by atoms with E-state index in [4.69, 9.17) is 18.5 Å². The Kier molecular flexibility index (Phi) is 39.7. The molecule has 0 aromatic heterocycles. The van der Waals surface area contributed by atoms with Gasteiger partial charge in [-0.2, -0.15) is 0 Å². The van der Waals surface area contributed by atoms with Crippen LogP contribution >= 0.6 is 7.82 Å². The fourth-order valence-corrected chi connectivity index (χ4v) is 7.82. The molecule has 0 aromatic carbocycles. The van der Waals surface area contributed by atoms with Crippen LogP contribution in [0.25, 0.3) is 0 Å². The first kappa shape index (κ1) is 56.0. The molecular weight excluding hydrogens is 737 g/mol. The van der Waals surface area contributed by atoms with Gasteiger partial charge in [0.1, 0.15) is 19.8 Å². The number of hydrogen-bond donors (Lipinski definition) is 1. The molecule has 340 valence electrons. The highest BCUT2D eigenvalue weighted by Gasteiger charge is 2.27. The lowest BCUT2D eigenvalue weighted by Gasteiger charge is -2.24. The Labute approximate surface area is 353 Å². The fourth-order valence-electron chi connectivity index (χ4n) is 7.08. The first-order valence-electron chi connectivity index (χ1n) is 24.3. The van der Waals surface area contributed by atoms with Gasteiger partial charge in [0.05, 0.1) is 27.7 Å². The molecule has 0 spiro atoms. The smallest absolute Gasteiger partial charge is 0.462 e. The van der Waals surface area contributed by atoms with Crippen molar-refractivity contribution in [3.63, 3.8) is 0 Å². The van der Waals surface area contributed by atoms with Gasteiger partial charge in [-0.15, -0.1) is 0 Å². The highest BCUT2D eigenvalue weighted by Crippen LogP contribution is 2.43. The summed E-state index contributed by atoms with van der Waals surface area (Å²) in [7, 11) is 1.50. The van der Waals surface area contributed by atoms with E-state index in [0.29, 0.717) is 17.4 Å². The van der Waals surface area contributed by atoms with Crippen LogP contribution in [0.2, 0.25) is 0 Å². The summed E-state index contributed by atoms with van der Waals surface area (Å²) in [6, 6.07) is 0. The van der Waals surface area contributed by atoms with Gasteiger partial charge in [0.2, 0.25) is 0 Å². The van der Waals surface area contributed by atoms with Crippen molar-refractivity contribution in [2.24, 2.45) is 0 Å². The van der Waals surface area contributed by atoms with Crippen molar-refractivity contribution in [3.05, 3.63) is 0 Å². The third-order valence-electron chi connectivity index (χ3n) is 10.9. The molecule has 0 aliphatic rings. The molecule has 0 aromatic rings. The molecule has 0 fully saturated rings. The molecular formula is C47H95NO8P+. The molecule has 0 aliphatic heterocycles. The van der Waals surface area contributed by atoms with Gasteiger partial charge in [0.15, 0.2) is 6.10 Å². The highest BCUT2D eigenvalue weighted by atomic mass is 31.2. The molecule has 57 heavy (non-hydrogen) atoms. The number of quaternary nitrogens is 1. The molecule has 0 heterocycles. The number of nitrogens with zero attached hydrogens (tertiary/aromatic N) is 1. The van der Waals surface area contributed by atoms with Gasteiger partial charge in [0, 0.05) is 12.8 Å². The molecule has 1 N–H and O–H groups in total.